The molecule has 0 aromatic carbocycles. The lowest BCUT2D eigenvalue weighted by molar-refractivity contribution is -0.127. The van der Waals surface area contributed by atoms with E-state index in [-0.39, 0.29) is 11.8 Å². The lowest BCUT2D eigenvalue weighted by Crippen LogP contribution is -2.38. The topological polar surface area (TPSA) is 61.9 Å². The van der Waals surface area contributed by atoms with Crippen LogP contribution in [-0.4, -0.2) is 38.8 Å². The van der Waals surface area contributed by atoms with E-state index in [1.54, 1.807) is 6.33 Å². The fourth-order valence-electron chi connectivity index (χ4n) is 2.75. The lowest BCUT2D eigenvalue weighted by Gasteiger charge is -2.31. The molecule has 5 nitrogen and oxygen atoms in total. The van der Waals surface area contributed by atoms with Gasteiger partial charge in [-0.3, -0.25) is 4.79 Å². The second-order valence-electron chi connectivity index (χ2n) is 4.83. The van der Waals surface area contributed by atoms with Crippen molar-refractivity contribution in [3.63, 3.8) is 0 Å². The molecule has 1 amide bonds. The molecule has 1 fully saturated rings. The maximum atomic E-state index is 11.7. The molecule has 2 aromatic heterocycles. The number of carbonyl (C=O) groups is 1. The third kappa shape index (κ3) is 2.12. The summed E-state index contributed by atoms with van der Waals surface area (Å²) in [6.07, 6.45) is 6.90. The van der Waals surface area contributed by atoms with Gasteiger partial charge in [-0.15, -0.1) is 0 Å². The smallest absolute Gasteiger partial charge is 0.245 e. The molecule has 19 heavy (non-hydrogen) atoms. The minimum Gasteiger partial charge on any atom is -0.346 e. The van der Waals surface area contributed by atoms with Crippen LogP contribution in [0.1, 0.15) is 24.5 Å². The summed E-state index contributed by atoms with van der Waals surface area (Å²) in [6, 6.07) is 2.00. The van der Waals surface area contributed by atoms with E-state index in [0.29, 0.717) is 6.54 Å². The molecule has 1 aliphatic heterocycles. The molecule has 0 radical (unpaired) electrons. The van der Waals surface area contributed by atoms with Gasteiger partial charge in [0, 0.05) is 30.6 Å². The molecule has 2 aromatic rings. The number of aromatic nitrogens is 3. The van der Waals surface area contributed by atoms with Crippen LogP contribution in [0.2, 0.25) is 0 Å². The van der Waals surface area contributed by atoms with Crippen LogP contribution in [0.5, 0.6) is 0 Å². The number of piperidine rings is 1. The van der Waals surface area contributed by atoms with E-state index in [2.05, 4.69) is 21.5 Å². The van der Waals surface area contributed by atoms with E-state index in [1.807, 2.05) is 17.2 Å². The molecule has 98 valence electrons. The van der Waals surface area contributed by atoms with Crippen LogP contribution >= 0.6 is 0 Å². The van der Waals surface area contributed by atoms with Crippen molar-refractivity contribution < 1.29 is 4.79 Å². The number of fused-ring (bicyclic) bond motifs is 1. The molecular formula is C14H16N4O. The van der Waals surface area contributed by atoms with Crippen molar-refractivity contribution in [2.24, 2.45) is 0 Å². The number of hydrogen-bond acceptors (Lipinski definition) is 3. The summed E-state index contributed by atoms with van der Waals surface area (Å²) in [5.74, 6) is 0.281. The Kier molecular flexibility index (Phi) is 3.03. The Morgan fingerprint density at radius 2 is 2.42 bits per heavy atom. The van der Waals surface area contributed by atoms with Crippen LogP contribution in [0.15, 0.2) is 31.2 Å². The van der Waals surface area contributed by atoms with E-state index in [0.717, 1.165) is 36.1 Å². The summed E-state index contributed by atoms with van der Waals surface area (Å²) >= 11 is 0. The summed E-state index contributed by atoms with van der Waals surface area (Å²) in [6.45, 7) is 5.07. The van der Waals surface area contributed by atoms with Gasteiger partial charge >= 0.3 is 0 Å². The Morgan fingerprint density at radius 3 is 3.26 bits per heavy atom. The predicted molar refractivity (Wildman–Crippen MR) is 72.6 cm³/mol. The monoisotopic (exact) mass is 256 g/mol. The van der Waals surface area contributed by atoms with E-state index in [4.69, 9.17) is 0 Å². The van der Waals surface area contributed by atoms with Crippen molar-refractivity contribution in [1.82, 2.24) is 19.9 Å². The van der Waals surface area contributed by atoms with Crippen LogP contribution in [0.25, 0.3) is 11.0 Å². The molecule has 0 saturated carbocycles. The summed E-state index contributed by atoms with van der Waals surface area (Å²) in [4.78, 5) is 25.3. The van der Waals surface area contributed by atoms with Crippen molar-refractivity contribution in [2.45, 2.75) is 18.8 Å². The van der Waals surface area contributed by atoms with E-state index in [1.165, 1.54) is 6.08 Å². The number of carbonyl (C=O) groups excluding carboxylic acids is 1. The highest BCUT2D eigenvalue weighted by Gasteiger charge is 2.25. The summed E-state index contributed by atoms with van der Waals surface area (Å²) in [5, 5.41) is 1.06. The van der Waals surface area contributed by atoms with Crippen LogP contribution in [0.4, 0.5) is 0 Å². The average Bonchev–Trinajstić information content (AvgIpc) is 2.94. The van der Waals surface area contributed by atoms with Gasteiger partial charge in [0.15, 0.2) is 0 Å². The molecular weight excluding hydrogens is 240 g/mol. The van der Waals surface area contributed by atoms with Gasteiger partial charge in [-0.1, -0.05) is 6.58 Å². The first-order valence-electron chi connectivity index (χ1n) is 6.49. The van der Waals surface area contributed by atoms with E-state index >= 15 is 0 Å². The highest BCUT2D eigenvalue weighted by molar-refractivity contribution is 5.87. The van der Waals surface area contributed by atoms with Crippen LogP contribution in [0.3, 0.4) is 0 Å². The number of H-pyrrole nitrogens is 1. The number of likely N-dealkylation sites (tertiary alicyclic amines) is 1. The maximum Gasteiger partial charge on any atom is 0.245 e. The first-order valence-corrected chi connectivity index (χ1v) is 6.49. The molecule has 5 heteroatoms. The molecule has 1 unspecified atom stereocenters. The zero-order chi connectivity index (χ0) is 13.2. The standard InChI is InChI=1S/C14H16N4O/c1-2-12(19)18-7-3-4-10(8-18)13-11-5-6-15-14(11)17-9-16-13/h2,5-6,9-10H,1,3-4,7-8H2,(H,15,16,17). The van der Waals surface area contributed by atoms with Crippen molar-refractivity contribution in [2.75, 3.05) is 13.1 Å². The molecule has 1 N–H and O–H groups in total. The first kappa shape index (κ1) is 11.9. The third-order valence-electron chi connectivity index (χ3n) is 3.68. The second kappa shape index (κ2) is 4.84. The van der Waals surface area contributed by atoms with Crippen LogP contribution in [-0.2, 0) is 4.79 Å². The van der Waals surface area contributed by atoms with Gasteiger partial charge in [0.2, 0.25) is 5.91 Å². The SMILES string of the molecule is C=CC(=O)N1CCCC(c2ncnc3[nH]ccc23)C1. The first-order chi connectivity index (χ1) is 9.29. The van der Waals surface area contributed by atoms with Gasteiger partial charge in [-0.25, -0.2) is 9.97 Å². The summed E-state index contributed by atoms with van der Waals surface area (Å²) in [5.41, 5.74) is 1.89. The van der Waals surface area contributed by atoms with Crippen LogP contribution < -0.4 is 0 Å². The highest BCUT2D eigenvalue weighted by Crippen LogP contribution is 2.29. The number of nitrogens with zero attached hydrogens (tertiary/aromatic N) is 3. The Balaban J connectivity index is 1.91. The quantitative estimate of drug-likeness (QED) is 0.834. The molecule has 1 atom stereocenters. The molecule has 1 saturated heterocycles. The largest absolute Gasteiger partial charge is 0.346 e. The zero-order valence-electron chi connectivity index (χ0n) is 10.7. The summed E-state index contributed by atoms with van der Waals surface area (Å²) in [7, 11) is 0. The normalized spacial score (nSPS) is 19.6. The Hall–Kier alpha value is -2.17. The van der Waals surface area contributed by atoms with Crippen molar-refractivity contribution in [3.8, 4) is 0 Å². The van der Waals surface area contributed by atoms with Crippen molar-refractivity contribution in [1.29, 1.82) is 0 Å². The van der Waals surface area contributed by atoms with Crippen molar-refractivity contribution >= 4 is 16.9 Å². The van der Waals surface area contributed by atoms with Crippen molar-refractivity contribution in [3.05, 3.63) is 36.9 Å². The van der Waals surface area contributed by atoms with Gasteiger partial charge in [0.1, 0.15) is 12.0 Å². The number of aromatic amines is 1. The molecule has 3 heterocycles. The molecule has 3 rings (SSSR count). The molecule has 0 spiro atoms. The minimum atomic E-state index is 0.00377. The third-order valence-corrected chi connectivity index (χ3v) is 3.68. The minimum absolute atomic E-state index is 0.00377. The van der Waals surface area contributed by atoms with Gasteiger partial charge in [-0.05, 0) is 25.0 Å². The number of amides is 1. The molecule has 0 aliphatic carbocycles. The van der Waals surface area contributed by atoms with Gasteiger partial charge in [0.25, 0.3) is 0 Å². The van der Waals surface area contributed by atoms with E-state index in [9.17, 15) is 4.79 Å². The number of hydrogen-bond donors (Lipinski definition) is 1. The van der Waals surface area contributed by atoms with Gasteiger partial charge in [-0.2, -0.15) is 0 Å². The van der Waals surface area contributed by atoms with Gasteiger partial charge < -0.3 is 9.88 Å². The fourth-order valence-corrected chi connectivity index (χ4v) is 2.75. The molecule has 1 aliphatic rings. The number of nitrogens with one attached hydrogen (secondary N) is 1. The zero-order valence-corrected chi connectivity index (χ0v) is 10.7. The van der Waals surface area contributed by atoms with Crippen LogP contribution in [0, 0.1) is 0 Å². The summed E-state index contributed by atoms with van der Waals surface area (Å²) < 4.78 is 0. The fraction of sp³-hybridized carbons (Fsp3) is 0.357. The number of rotatable bonds is 2. The lowest BCUT2D eigenvalue weighted by atomic mass is 9.93. The Morgan fingerprint density at radius 1 is 1.53 bits per heavy atom. The average molecular weight is 256 g/mol. The van der Waals surface area contributed by atoms with Gasteiger partial charge in [0.05, 0.1) is 5.69 Å². The Bertz CT molecular complexity index is 619. The highest BCUT2D eigenvalue weighted by atomic mass is 16.2. The van der Waals surface area contributed by atoms with E-state index < -0.39 is 0 Å². The predicted octanol–water partition coefficient (Wildman–Crippen LogP) is 1.85. The molecule has 0 bridgehead atoms. The second-order valence-corrected chi connectivity index (χ2v) is 4.83. The maximum absolute atomic E-state index is 11.7. The Labute approximate surface area is 111 Å².